The predicted octanol–water partition coefficient (Wildman–Crippen LogP) is 3.62. The summed E-state index contributed by atoms with van der Waals surface area (Å²) in [6.07, 6.45) is 3.78. The molecule has 1 unspecified atom stereocenters. The molecular formula is C32H30FN7O4. The number of anilines is 1. The smallest absolute Gasteiger partial charge is 0.330 e. The first-order chi connectivity index (χ1) is 21.3. The molecule has 0 spiro atoms. The highest BCUT2D eigenvalue weighted by molar-refractivity contribution is 6.02. The number of hydrogen-bond donors (Lipinski definition) is 4. The number of aromatic nitrogens is 5. The number of nitrogens with one attached hydrogen (secondary N) is 4. The fourth-order valence-corrected chi connectivity index (χ4v) is 5.21. The third-order valence-electron chi connectivity index (χ3n) is 7.68. The summed E-state index contributed by atoms with van der Waals surface area (Å²) in [5.41, 5.74) is 1.75. The molecule has 2 amide bonds. The number of pyridine rings is 1. The molecule has 1 aliphatic carbocycles. The number of aromatic amines is 2. The Kier molecular flexibility index (Phi) is 7.88. The van der Waals surface area contributed by atoms with Gasteiger partial charge in [-0.3, -0.25) is 23.9 Å². The lowest BCUT2D eigenvalue weighted by molar-refractivity contribution is -0.114. The van der Waals surface area contributed by atoms with E-state index in [2.05, 4.69) is 25.6 Å². The van der Waals surface area contributed by atoms with E-state index in [4.69, 9.17) is 4.98 Å². The van der Waals surface area contributed by atoms with Crippen LogP contribution in [0, 0.1) is 11.7 Å². The zero-order valence-corrected chi connectivity index (χ0v) is 23.9. The van der Waals surface area contributed by atoms with E-state index in [-0.39, 0.29) is 47.2 Å². The van der Waals surface area contributed by atoms with Crippen LogP contribution in [0.1, 0.15) is 58.6 Å². The number of H-pyrrole nitrogens is 2. The molecule has 1 atom stereocenters. The molecule has 44 heavy (non-hydrogen) atoms. The number of hydrogen-bond acceptors (Lipinski definition) is 6. The van der Waals surface area contributed by atoms with E-state index in [0.29, 0.717) is 23.9 Å². The summed E-state index contributed by atoms with van der Waals surface area (Å²) >= 11 is 0. The topological polar surface area (TPSA) is 155 Å². The second-order valence-electron chi connectivity index (χ2n) is 11.0. The van der Waals surface area contributed by atoms with Crippen LogP contribution in [-0.2, 0) is 24.3 Å². The molecule has 11 nitrogen and oxygen atoms in total. The van der Waals surface area contributed by atoms with Gasteiger partial charge in [0.15, 0.2) is 5.65 Å². The molecule has 1 aliphatic rings. The number of carbonyl (C=O) groups excluding carboxylic acids is 2. The van der Waals surface area contributed by atoms with Gasteiger partial charge in [-0.2, -0.15) is 0 Å². The van der Waals surface area contributed by atoms with Crippen LogP contribution in [0.4, 0.5) is 10.2 Å². The first kappa shape index (κ1) is 28.7. The molecule has 0 bridgehead atoms. The normalized spacial score (nSPS) is 13.5. The highest BCUT2D eigenvalue weighted by Crippen LogP contribution is 2.32. The van der Waals surface area contributed by atoms with E-state index < -0.39 is 23.1 Å². The van der Waals surface area contributed by atoms with Gasteiger partial charge in [-0.15, -0.1) is 0 Å². The van der Waals surface area contributed by atoms with Gasteiger partial charge in [0, 0.05) is 32.1 Å². The molecule has 1 fully saturated rings. The van der Waals surface area contributed by atoms with Gasteiger partial charge in [-0.05, 0) is 60.1 Å². The predicted molar refractivity (Wildman–Crippen MR) is 162 cm³/mol. The van der Waals surface area contributed by atoms with Gasteiger partial charge in [0.1, 0.15) is 23.0 Å². The maximum absolute atomic E-state index is 14.8. The van der Waals surface area contributed by atoms with Gasteiger partial charge in [-0.25, -0.2) is 19.2 Å². The molecule has 6 rings (SSSR count). The molecule has 2 aromatic carbocycles. The molecule has 4 N–H and O–H groups in total. The summed E-state index contributed by atoms with van der Waals surface area (Å²) in [4.78, 5) is 64.0. The zero-order valence-electron chi connectivity index (χ0n) is 23.9. The lowest BCUT2D eigenvalue weighted by atomic mass is 9.90. The van der Waals surface area contributed by atoms with Gasteiger partial charge in [0.05, 0.1) is 5.56 Å². The number of nitrogens with zero attached hydrogens (tertiary/aromatic N) is 3. The van der Waals surface area contributed by atoms with Crippen LogP contribution in [0.2, 0.25) is 0 Å². The van der Waals surface area contributed by atoms with Crippen molar-refractivity contribution in [3.8, 4) is 0 Å². The van der Waals surface area contributed by atoms with E-state index in [1.54, 1.807) is 30.3 Å². The summed E-state index contributed by atoms with van der Waals surface area (Å²) < 4.78 is 16.3. The monoisotopic (exact) mass is 595 g/mol. The summed E-state index contributed by atoms with van der Waals surface area (Å²) in [5, 5.41) is 5.40. The Balaban J connectivity index is 1.29. The highest BCUT2D eigenvalue weighted by Gasteiger charge is 2.26. The number of fused-ring (bicyclic) bond motifs is 1. The Hall–Kier alpha value is -5.39. The summed E-state index contributed by atoms with van der Waals surface area (Å²) in [5.74, 6) is -0.568. The molecule has 0 saturated heterocycles. The van der Waals surface area contributed by atoms with Crippen LogP contribution < -0.4 is 21.9 Å². The summed E-state index contributed by atoms with van der Waals surface area (Å²) in [6, 6.07) is 17.1. The van der Waals surface area contributed by atoms with Crippen molar-refractivity contribution in [3.05, 3.63) is 122 Å². The number of rotatable bonds is 10. The van der Waals surface area contributed by atoms with Gasteiger partial charge < -0.3 is 15.6 Å². The summed E-state index contributed by atoms with van der Waals surface area (Å²) in [6.45, 7) is 2.02. The standard InChI is InChI=1S/C32H30FN7O4/c1-18(41)36-27-23(6-4-14-34-27)30(42)35-16-19-10-12-21(13-11-19)24(15-22-5-2-3-7-25(22)33)28-37-26-29(38-28)40(17-20-8-9-20)32(44)39-31(26)43/h2-7,10-14,20,24H,8-9,15-17H2,1H3,(H,35,42)(H,37,38)(H,34,36,41)(H,39,43,44). The number of benzene rings is 2. The van der Waals surface area contributed by atoms with E-state index in [9.17, 15) is 23.6 Å². The highest BCUT2D eigenvalue weighted by atomic mass is 19.1. The molecule has 0 radical (unpaired) electrons. The van der Waals surface area contributed by atoms with Crippen molar-refractivity contribution in [2.45, 2.75) is 45.2 Å². The molecular weight excluding hydrogens is 565 g/mol. The van der Waals surface area contributed by atoms with Gasteiger partial charge in [-0.1, -0.05) is 42.5 Å². The summed E-state index contributed by atoms with van der Waals surface area (Å²) in [7, 11) is 0. The van der Waals surface area contributed by atoms with E-state index in [1.165, 1.54) is 23.8 Å². The number of amides is 2. The molecule has 3 aromatic heterocycles. The Labute approximate surface area is 250 Å². The number of carbonyl (C=O) groups is 2. The molecule has 1 saturated carbocycles. The van der Waals surface area contributed by atoms with Crippen LogP contribution in [-0.4, -0.2) is 36.3 Å². The fraction of sp³-hybridized carbons (Fsp3) is 0.250. The number of imidazole rings is 1. The lowest BCUT2D eigenvalue weighted by Crippen LogP contribution is -2.30. The maximum Gasteiger partial charge on any atom is 0.330 e. The van der Waals surface area contributed by atoms with Gasteiger partial charge in [0.2, 0.25) is 5.91 Å². The lowest BCUT2D eigenvalue weighted by Gasteiger charge is -2.17. The van der Waals surface area contributed by atoms with Crippen molar-refractivity contribution in [2.24, 2.45) is 5.92 Å². The Bertz CT molecular complexity index is 1980. The van der Waals surface area contributed by atoms with Crippen LogP contribution >= 0.6 is 0 Å². The van der Waals surface area contributed by atoms with E-state index in [0.717, 1.165) is 24.0 Å². The minimum absolute atomic E-state index is 0.177. The number of halogens is 1. The molecule has 3 heterocycles. The first-order valence-corrected chi connectivity index (χ1v) is 14.3. The zero-order chi connectivity index (χ0) is 30.8. The third kappa shape index (κ3) is 6.19. The largest absolute Gasteiger partial charge is 0.348 e. The van der Waals surface area contributed by atoms with Crippen LogP contribution in [0.3, 0.4) is 0 Å². The average molecular weight is 596 g/mol. The molecule has 12 heteroatoms. The van der Waals surface area contributed by atoms with Crippen molar-refractivity contribution >= 4 is 28.8 Å². The molecule has 5 aromatic rings. The quantitative estimate of drug-likeness (QED) is 0.193. The maximum atomic E-state index is 14.8. The van der Waals surface area contributed by atoms with E-state index in [1.807, 2.05) is 24.3 Å². The second-order valence-corrected chi connectivity index (χ2v) is 11.0. The third-order valence-corrected chi connectivity index (χ3v) is 7.68. The minimum atomic E-state index is -0.554. The molecule has 0 aliphatic heterocycles. The van der Waals surface area contributed by atoms with Crippen molar-refractivity contribution in [1.82, 2.24) is 29.8 Å². The van der Waals surface area contributed by atoms with Crippen molar-refractivity contribution < 1.29 is 14.0 Å². The van der Waals surface area contributed by atoms with Gasteiger partial charge in [0.25, 0.3) is 11.5 Å². The Morgan fingerprint density at radius 2 is 1.82 bits per heavy atom. The Morgan fingerprint density at radius 3 is 2.55 bits per heavy atom. The van der Waals surface area contributed by atoms with E-state index >= 15 is 0 Å². The van der Waals surface area contributed by atoms with Crippen molar-refractivity contribution in [3.63, 3.8) is 0 Å². The first-order valence-electron chi connectivity index (χ1n) is 14.3. The van der Waals surface area contributed by atoms with Crippen molar-refractivity contribution in [1.29, 1.82) is 0 Å². The van der Waals surface area contributed by atoms with Crippen molar-refractivity contribution in [2.75, 3.05) is 5.32 Å². The van der Waals surface area contributed by atoms with Gasteiger partial charge >= 0.3 is 5.69 Å². The Morgan fingerprint density at radius 1 is 1.05 bits per heavy atom. The van der Waals surface area contributed by atoms with Crippen LogP contribution in [0.15, 0.2) is 76.4 Å². The average Bonchev–Trinajstić information content (AvgIpc) is 3.73. The molecule has 224 valence electrons. The van der Waals surface area contributed by atoms with Crippen LogP contribution in [0.5, 0.6) is 0 Å². The second kappa shape index (κ2) is 12.1. The van der Waals surface area contributed by atoms with Crippen LogP contribution in [0.25, 0.3) is 11.2 Å². The fourth-order valence-electron chi connectivity index (χ4n) is 5.21. The minimum Gasteiger partial charge on any atom is -0.348 e. The SMILES string of the molecule is CC(=O)Nc1ncccc1C(=O)NCc1ccc(C(Cc2ccccc2F)c2nc3c([nH]2)c(=O)[nH]c(=O)n3CC2CC2)cc1.